The van der Waals surface area contributed by atoms with Gasteiger partial charge < -0.3 is 10.6 Å². The van der Waals surface area contributed by atoms with Gasteiger partial charge in [-0.2, -0.15) is 0 Å². The predicted octanol–water partition coefficient (Wildman–Crippen LogP) is 0.585. The molecule has 94 valence electrons. The zero-order chi connectivity index (χ0) is 12.0. The number of carbonyl (C=O) groups is 1. The molecule has 1 saturated heterocycles. The van der Waals surface area contributed by atoms with Crippen LogP contribution in [-0.2, 0) is 4.79 Å². The predicted molar refractivity (Wildman–Crippen MR) is 66.4 cm³/mol. The molecule has 0 aliphatic carbocycles. The first kappa shape index (κ1) is 13.5. The molecular formula is C12H25N3O. The Balaban J connectivity index is 2.28. The highest BCUT2D eigenvalue weighted by molar-refractivity contribution is 5.78. The van der Waals surface area contributed by atoms with Gasteiger partial charge in [0.2, 0.25) is 5.91 Å². The molecule has 1 rings (SSSR count). The second-order valence-electron chi connectivity index (χ2n) is 4.85. The average molecular weight is 227 g/mol. The highest BCUT2D eigenvalue weighted by Crippen LogP contribution is 2.09. The zero-order valence-electron chi connectivity index (χ0n) is 10.8. The van der Waals surface area contributed by atoms with Crippen molar-refractivity contribution in [2.24, 2.45) is 0 Å². The van der Waals surface area contributed by atoms with Gasteiger partial charge in [0, 0.05) is 18.6 Å². The van der Waals surface area contributed by atoms with Crippen LogP contribution in [0.2, 0.25) is 0 Å². The van der Waals surface area contributed by atoms with Gasteiger partial charge in [0.05, 0.1) is 6.54 Å². The second-order valence-corrected chi connectivity index (χ2v) is 4.85. The third kappa shape index (κ3) is 4.94. The molecule has 1 heterocycles. The summed E-state index contributed by atoms with van der Waals surface area (Å²) in [5, 5.41) is 6.39. The van der Waals surface area contributed by atoms with Crippen LogP contribution < -0.4 is 10.6 Å². The van der Waals surface area contributed by atoms with E-state index in [0.29, 0.717) is 12.6 Å². The van der Waals surface area contributed by atoms with Crippen molar-refractivity contribution >= 4 is 5.91 Å². The maximum atomic E-state index is 11.6. The highest BCUT2D eigenvalue weighted by Gasteiger charge is 2.20. The number of hydrogen-bond donors (Lipinski definition) is 2. The number of likely N-dealkylation sites (N-methyl/N-ethyl adjacent to an activating group) is 1. The number of nitrogens with zero attached hydrogens (tertiary/aromatic N) is 1. The number of rotatable bonds is 5. The van der Waals surface area contributed by atoms with E-state index in [1.165, 1.54) is 12.8 Å². The van der Waals surface area contributed by atoms with Crippen LogP contribution in [0.4, 0.5) is 0 Å². The molecule has 0 aromatic rings. The van der Waals surface area contributed by atoms with Gasteiger partial charge in [-0.1, -0.05) is 6.92 Å². The van der Waals surface area contributed by atoms with Crippen molar-refractivity contribution in [3.63, 3.8) is 0 Å². The minimum Gasteiger partial charge on any atom is -0.353 e. The molecule has 4 heteroatoms. The van der Waals surface area contributed by atoms with Crippen molar-refractivity contribution in [3.8, 4) is 0 Å². The Labute approximate surface area is 98.8 Å². The lowest BCUT2D eigenvalue weighted by Gasteiger charge is -2.32. The fraction of sp³-hybridized carbons (Fsp3) is 0.917. The fourth-order valence-electron chi connectivity index (χ4n) is 2.23. The monoisotopic (exact) mass is 227 g/mol. The fourth-order valence-corrected chi connectivity index (χ4v) is 2.23. The molecule has 1 atom stereocenters. The van der Waals surface area contributed by atoms with Crippen LogP contribution in [0.5, 0.6) is 0 Å². The van der Waals surface area contributed by atoms with Crippen molar-refractivity contribution in [2.75, 3.05) is 26.2 Å². The Kier molecular flexibility index (Phi) is 5.77. The number of nitrogens with one attached hydrogen (secondary N) is 2. The van der Waals surface area contributed by atoms with Crippen LogP contribution in [0.25, 0.3) is 0 Å². The minimum absolute atomic E-state index is 0.146. The number of hydrogen-bond acceptors (Lipinski definition) is 3. The van der Waals surface area contributed by atoms with Crippen LogP contribution in [0.1, 0.15) is 33.6 Å². The average Bonchev–Trinajstić information content (AvgIpc) is 2.17. The van der Waals surface area contributed by atoms with Crippen molar-refractivity contribution in [2.45, 2.75) is 45.7 Å². The molecule has 0 bridgehead atoms. The van der Waals surface area contributed by atoms with E-state index >= 15 is 0 Å². The summed E-state index contributed by atoms with van der Waals surface area (Å²) < 4.78 is 0. The molecule has 1 amide bonds. The summed E-state index contributed by atoms with van der Waals surface area (Å²) in [6.07, 6.45) is 2.42. The van der Waals surface area contributed by atoms with Crippen LogP contribution in [0.15, 0.2) is 0 Å². The molecule has 4 nitrogen and oxygen atoms in total. The topological polar surface area (TPSA) is 44.4 Å². The molecule has 0 spiro atoms. The van der Waals surface area contributed by atoms with Crippen LogP contribution in [-0.4, -0.2) is 49.1 Å². The first-order chi connectivity index (χ1) is 7.61. The summed E-state index contributed by atoms with van der Waals surface area (Å²) in [5.74, 6) is 0.146. The van der Waals surface area contributed by atoms with Gasteiger partial charge in [0.1, 0.15) is 0 Å². The minimum atomic E-state index is 0.146. The number of carbonyl (C=O) groups excluding carboxylic acids is 1. The summed E-state index contributed by atoms with van der Waals surface area (Å²) in [4.78, 5) is 13.9. The molecule has 16 heavy (non-hydrogen) atoms. The molecule has 1 aliphatic heterocycles. The zero-order valence-corrected chi connectivity index (χ0v) is 10.8. The Morgan fingerprint density at radius 1 is 1.50 bits per heavy atom. The summed E-state index contributed by atoms with van der Waals surface area (Å²) >= 11 is 0. The summed E-state index contributed by atoms with van der Waals surface area (Å²) in [7, 11) is 0. The Hall–Kier alpha value is -0.610. The maximum Gasteiger partial charge on any atom is 0.234 e. The van der Waals surface area contributed by atoms with Crippen LogP contribution >= 0.6 is 0 Å². The molecule has 0 radical (unpaired) electrons. The summed E-state index contributed by atoms with van der Waals surface area (Å²) in [6.45, 7) is 9.72. The van der Waals surface area contributed by atoms with Gasteiger partial charge in [0.25, 0.3) is 0 Å². The lowest BCUT2D eigenvalue weighted by molar-refractivity contribution is -0.123. The van der Waals surface area contributed by atoms with Gasteiger partial charge >= 0.3 is 0 Å². The second kappa shape index (κ2) is 6.86. The van der Waals surface area contributed by atoms with Crippen molar-refractivity contribution in [1.29, 1.82) is 0 Å². The maximum absolute atomic E-state index is 11.6. The quantitative estimate of drug-likeness (QED) is 0.722. The van der Waals surface area contributed by atoms with Crippen molar-refractivity contribution < 1.29 is 4.79 Å². The van der Waals surface area contributed by atoms with Gasteiger partial charge in [-0.25, -0.2) is 0 Å². The van der Waals surface area contributed by atoms with Gasteiger partial charge in [0.15, 0.2) is 0 Å². The first-order valence-electron chi connectivity index (χ1n) is 6.37. The third-order valence-electron chi connectivity index (χ3n) is 2.82. The highest BCUT2D eigenvalue weighted by atomic mass is 16.2. The normalized spacial score (nSPS) is 22.4. The van der Waals surface area contributed by atoms with Crippen molar-refractivity contribution in [1.82, 2.24) is 15.5 Å². The van der Waals surface area contributed by atoms with Gasteiger partial charge in [-0.3, -0.25) is 9.69 Å². The number of amides is 1. The van der Waals surface area contributed by atoms with Crippen molar-refractivity contribution in [3.05, 3.63) is 0 Å². The smallest absolute Gasteiger partial charge is 0.234 e. The molecule has 2 N–H and O–H groups in total. The first-order valence-corrected chi connectivity index (χ1v) is 6.37. The van der Waals surface area contributed by atoms with E-state index in [-0.39, 0.29) is 11.9 Å². The molecule has 1 aliphatic rings. The Bertz CT molecular complexity index is 216. The standard InChI is InChI=1S/C12H25N3O/c1-4-13-11-6-5-7-15(8-11)9-12(16)14-10(2)3/h10-11,13H,4-9H2,1-3H3,(H,14,16). The molecular weight excluding hydrogens is 202 g/mol. The lowest BCUT2D eigenvalue weighted by Crippen LogP contribution is -2.49. The summed E-state index contributed by atoms with van der Waals surface area (Å²) in [5.41, 5.74) is 0. The van der Waals surface area contributed by atoms with Crippen LogP contribution in [0, 0.1) is 0 Å². The lowest BCUT2D eigenvalue weighted by atomic mass is 10.1. The molecule has 1 unspecified atom stereocenters. The van der Waals surface area contributed by atoms with E-state index in [0.717, 1.165) is 19.6 Å². The Morgan fingerprint density at radius 3 is 2.88 bits per heavy atom. The van der Waals surface area contributed by atoms with Gasteiger partial charge in [-0.15, -0.1) is 0 Å². The van der Waals surface area contributed by atoms with Gasteiger partial charge in [-0.05, 0) is 39.8 Å². The number of piperidine rings is 1. The SMILES string of the molecule is CCNC1CCCN(CC(=O)NC(C)C)C1. The Morgan fingerprint density at radius 2 is 2.25 bits per heavy atom. The van der Waals surface area contributed by atoms with E-state index in [4.69, 9.17) is 0 Å². The van der Waals surface area contributed by atoms with E-state index < -0.39 is 0 Å². The molecule has 0 saturated carbocycles. The molecule has 0 aromatic heterocycles. The number of likely N-dealkylation sites (tertiary alicyclic amines) is 1. The third-order valence-corrected chi connectivity index (χ3v) is 2.82. The van der Waals surface area contributed by atoms with E-state index in [9.17, 15) is 4.79 Å². The molecule has 0 aromatic carbocycles. The van der Waals surface area contributed by atoms with Crippen LogP contribution in [0.3, 0.4) is 0 Å². The summed E-state index contributed by atoms with van der Waals surface area (Å²) in [6, 6.07) is 0.799. The molecule has 1 fully saturated rings. The van der Waals surface area contributed by atoms with E-state index in [2.05, 4.69) is 22.5 Å². The van der Waals surface area contributed by atoms with E-state index in [1.807, 2.05) is 13.8 Å². The largest absolute Gasteiger partial charge is 0.353 e. The van der Waals surface area contributed by atoms with E-state index in [1.54, 1.807) is 0 Å².